The number of aliphatic hydroxyl groups is 1. The van der Waals surface area contributed by atoms with Crippen molar-refractivity contribution in [2.75, 3.05) is 13.1 Å². The fourth-order valence-corrected chi connectivity index (χ4v) is 3.85. The molecule has 0 radical (unpaired) electrons. The fraction of sp³-hybridized carbons (Fsp3) is 1.00. The lowest BCUT2D eigenvalue weighted by Crippen LogP contribution is -2.42. The van der Waals surface area contributed by atoms with Gasteiger partial charge in [-0.15, -0.1) is 0 Å². The van der Waals surface area contributed by atoms with E-state index in [1.54, 1.807) is 0 Å². The van der Waals surface area contributed by atoms with Crippen LogP contribution in [-0.2, 0) is 0 Å². The Morgan fingerprint density at radius 1 is 1.00 bits per heavy atom. The summed E-state index contributed by atoms with van der Waals surface area (Å²) in [5.74, 6) is 1.36. The molecule has 2 fully saturated rings. The SMILES string of the molecule is CC(C)CCN(CC(O)C1CCCC1)C1CCCC1. The van der Waals surface area contributed by atoms with Crippen LogP contribution < -0.4 is 0 Å². The molecule has 1 unspecified atom stereocenters. The van der Waals surface area contributed by atoms with Gasteiger partial charge < -0.3 is 5.11 Å². The molecular weight excluding hydrogens is 234 g/mol. The third-order valence-corrected chi connectivity index (χ3v) is 5.20. The zero-order valence-electron chi connectivity index (χ0n) is 13.0. The first-order valence-corrected chi connectivity index (χ1v) is 8.59. The van der Waals surface area contributed by atoms with Gasteiger partial charge in [0.25, 0.3) is 0 Å². The highest BCUT2D eigenvalue weighted by atomic mass is 16.3. The quantitative estimate of drug-likeness (QED) is 0.758. The Morgan fingerprint density at radius 2 is 1.58 bits per heavy atom. The van der Waals surface area contributed by atoms with E-state index in [9.17, 15) is 5.11 Å². The van der Waals surface area contributed by atoms with Crippen LogP contribution in [0.25, 0.3) is 0 Å². The van der Waals surface area contributed by atoms with Crippen LogP contribution in [0.1, 0.15) is 71.6 Å². The summed E-state index contributed by atoms with van der Waals surface area (Å²) in [4.78, 5) is 2.62. The van der Waals surface area contributed by atoms with Crippen molar-refractivity contribution in [1.29, 1.82) is 0 Å². The first-order chi connectivity index (χ1) is 9.16. The Bertz CT molecular complexity index is 242. The van der Waals surface area contributed by atoms with E-state index in [1.807, 2.05) is 0 Å². The van der Waals surface area contributed by atoms with E-state index in [0.717, 1.165) is 18.5 Å². The van der Waals surface area contributed by atoms with Crippen molar-refractivity contribution in [3.8, 4) is 0 Å². The van der Waals surface area contributed by atoms with Crippen molar-refractivity contribution >= 4 is 0 Å². The Balaban J connectivity index is 1.84. The van der Waals surface area contributed by atoms with Crippen molar-refractivity contribution in [2.45, 2.75) is 83.8 Å². The van der Waals surface area contributed by atoms with Crippen molar-refractivity contribution in [2.24, 2.45) is 11.8 Å². The molecule has 0 aromatic carbocycles. The first kappa shape index (κ1) is 15.3. The average Bonchev–Trinajstić information content (AvgIpc) is 3.05. The van der Waals surface area contributed by atoms with Crippen LogP contribution in [0.15, 0.2) is 0 Å². The van der Waals surface area contributed by atoms with Gasteiger partial charge in [0.2, 0.25) is 0 Å². The molecule has 2 saturated carbocycles. The van der Waals surface area contributed by atoms with Gasteiger partial charge in [-0.05, 0) is 50.5 Å². The molecule has 0 aromatic rings. The topological polar surface area (TPSA) is 23.5 Å². The molecule has 2 rings (SSSR count). The summed E-state index contributed by atoms with van der Waals surface area (Å²) >= 11 is 0. The average molecular weight is 267 g/mol. The maximum absolute atomic E-state index is 10.5. The summed E-state index contributed by atoms with van der Waals surface area (Å²) in [6.45, 7) is 6.73. The van der Waals surface area contributed by atoms with E-state index < -0.39 is 0 Å². The van der Waals surface area contributed by atoms with Gasteiger partial charge in [0.15, 0.2) is 0 Å². The Labute approximate surface area is 119 Å². The summed E-state index contributed by atoms with van der Waals surface area (Å²) in [5.41, 5.74) is 0. The predicted octanol–water partition coefficient (Wildman–Crippen LogP) is 3.83. The highest BCUT2D eigenvalue weighted by Crippen LogP contribution is 2.30. The molecule has 1 atom stereocenters. The van der Waals surface area contributed by atoms with Crippen LogP contribution in [0.5, 0.6) is 0 Å². The monoisotopic (exact) mass is 267 g/mol. The molecule has 2 nitrogen and oxygen atoms in total. The Morgan fingerprint density at radius 3 is 2.16 bits per heavy atom. The standard InChI is InChI=1S/C17H33NO/c1-14(2)11-12-18(16-9-5-6-10-16)13-17(19)15-7-3-4-8-15/h14-17,19H,3-13H2,1-2H3. The minimum atomic E-state index is -0.0738. The van der Waals surface area contributed by atoms with Crippen molar-refractivity contribution < 1.29 is 5.11 Å². The number of nitrogens with zero attached hydrogens (tertiary/aromatic N) is 1. The number of hydrogen-bond donors (Lipinski definition) is 1. The molecule has 0 aromatic heterocycles. The van der Waals surface area contributed by atoms with Gasteiger partial charge in [0, 0.05) is 12.6 Å². The maximum atomic E-state index is 10.5. The summed E-state index contributed by atoms with van der Waals surface area (Å²) < 4.78 is 0. The van der Waals surface area contributed by atoms with Crippen LogP contribution >= 0.6 is 0 Å². The van der Waals surface area contributed by atoms with E-state index in [2.05, 4.69) is 18.7 Å². The fourth-order valence-electron chi connectivity index (χ4n) is 3.85. The van der Waals surface area contributed by atoms with Crippen molar-refractivity contribution in [3.05, 3.63) is 0 Å². The van der Waals surface area contributed by atoms with E-state index >= 15 is 0 Å². The zero-order chi connectivity index (χ0) is 13.7. The molecule has 2 aliphatic carbocycles. The van der Waals surface area contributed by atoms with Crippen LogP contribution in [0.3, 0.4) is 0 Å². The van der Waals surface area contributed by atoms with E-state index in [0.29, 0.717) is 5.92 Å². The first-order valence-electron chi connectivity index (χ1n) is 8.59. The van der Waals surface area contributed by atoms with Gasteiger partial charge in [-0.3, -0.25) is 4.90 Å². The number of aliphatic hydroxyl groups excluding tert-OH is 1. The van der Waals surface area contributed by atoms with Crippen LogP contribution in [0.2, 0.25) is 0 Å². The summed E-state index contributed by atoms with van der Waals surface area (Å²) in [6.07, 6.45) is 11.9. The molecule has 19 heavy (non-hydrogen) atoms. The predicted molar refractivity (Wildman–Crippen MR) is 81.2 cm³/mol. The molecule has 2 aliphatic rings. The second-order valence-electron chi connectivity index (χ2n) is 7.23. The molecule has 0 heterocycles. The zero-order valence-corrected chi connectivity index (χ0v) is 13.0. The minimum Gasteiger partial charge on any atom is -0.392 e. The molecule has 112 valence electrons. The molecule has 0 bridgehead atoms. The van der Waals surface area contributed by atoms with Gasteiger partial charge in [0.1, 0.15) is 0 Å². The largest absolute Gasteiger partial charge is 0.392 e. The molecule has 0 spiro atoms. The van der Waals surface area contributed by atoms with Crippen molar-refractivity contribution in [1.82, 2.24) is 4.90 Å². The van der Waals surface area contributed by atoms with E-state index in [-0.39, 0.29) is 6.10 Å². The van der Waals surface area contributed by atoms with Gasteiger partial charge in [-0.2, -0.15) is 0 Å². The van der Waals surface area contributed by atoms with E-state index in [1.165, 1.54) is 64.3 Å². The van der Waals surface area contributed by atoms with Crippen molar-refractivity contribution in [3.63, 3.8) is 0 Å². The lowest BCUT2D eigenvalue weighted by molar-refractivity contribution is 0.0469. The smallest absolute Gasteiger partial charge is 0.0695 e. The number of hydrogen-bond acceptors (Lipinski definition) is 2. The highest BCUT2D eigenvalue weighted by Gasteiger charge is 2.29. The summed E-state index contributed by atoms with van der Waals surface area (Å²) in [5, 5.41) is 10.5. The lowest BCUT2D eigenvalue weighted by Gasteiger charge is -2.33. The Hall–Kier alpha value is -0.0800. The van der Waals surface area contributed by atoms with Crippen LogP contribution in [0, 0.1) is 11.8 Å². The number of rotatable bonds is 7. The lowest BCUT2D eigenvalue weighted by atomic mass is 9.99. The normalized spacial score (nSPS) is 23.8. The summed E-state index contributed by atoms with van der Waals surface area (Å²) in [7, 11) is 0. The molecule has 1 N–H and O–H groups in total. The Kier molecular flexibility index (Phi) is 6.15. The van der Waals surface area contributed by atoms with Gasteiger partial charge in [-0.1, -0.05) is 39.5 Å². The van der Waals surface area contributed by atoms with Crippen LogP contribution in [0.4, 0.5) is 0 Å². The third-order valence-electron chi connectivity index (χ3n) is 5.20. The second-order valence-corrected chi connectivity index (χ2v) is 7.23. The third kappa shape index (κ3) is 4.75. The van der Waals surface area contributed by atoms with Crippen LogP contribution in [-0.4, -0.2) is 35.2 Å². The molecular formula is C17H33NO. The summed E-state index contributed by atoms with van der Waals surface area (Å²) in [6, 6.07) is 0.759. The minimum absolute atomic E-state index is 0.0738. The van der Waals surface area contributed by atoms with Gasteiger partial charge in [0.05, 0.1) is 6.10 Å². The molecule has 2 heteroatoms. The second kappa shape index (κ2) is 7.64. The maximum Gasteiger partial charge on any atom is 0.0695 e. The molecule has 0 aliphatic heterocycles. The van der Waals surface area contributed by atoms with Gasteiger partial charge >= 0.3 is 0 Å². The highest BCUT2D eigenvalue weighted by molar-refractivity contribution is 4.83. The van der Waals surface area contributed by atoms with E-state index in [4.69, 9.17) is 0 Å². The molecule has 0 amide bonds. The molecule has 0 saturated heterocycles. The van der Waals surface area contributed by atoms with Gasteiger partial charge in [-0.25, -0.2) is 0 Å².